The molecule has 0 aliphatic carbocycles. The zero-order valence-electron chi connectivity index (χ0n) is 12.1. The number of para-hydroxylation sites is 1. The van der Waals surface area contributed by atoms with Gasteiger partial charge in [0.05, 0.1) is 5.52 Å². The Morgan fingerprint density at radius 3 is 2.78 bits per heavy atom. The molecule has 1 aliphatic rings. The summed E-state index contributed by atoms with van der Waals surface area (Å²) in [5.74, 6) is -0.524. The molecule has 1 aromatic carbocycles. The number of nitrogens with one attached hydrogen (secondary N) is 1. The van der Waals surface area contributed by atoms with Crippen molar-refractivity contribution in [3.8, 4) is 0 Å². The molecule has 8 heteroatoms. The van der Waals surface area contributed by atoms with Gasteiger partial charge in [-0.15, -0.1) is 0 Å². The van der Waals surface area contributed by atoms with E-state index in [4.69, 9.17) is 5.73 Å². The molecular formula is C15H15F3N4O. The van der Waals surface area contributed by atoms with Crippen molar-refractivity contribution in [3.05, 3.63) is 36.0 Å². The smallest absolute Gasteiger partial charge is 0.368 e. The van der Waals surface area contributed by atoms with E-state index in [2.05, 4.69) is 10.3 Å². The number of nitrogens with zero attached hydrogens (tertiary/aromatic N) is 2. The zero-order chi connectivity index (χ0) is 16.6. The van der Waals surface area contributed by atoms with E-state index in [9.17, 15) is 18.0 Å². The number of carbonyl (C=O) groups is 1. The van der Waals surface area contributed by atoms with Crippen LogP contribution in [0.3, 0.4) is 0 Å². The third-order valence-corrected chi connectivity index (χ3v) is 3.84. The summed E-state index contributed by atoms with van der Waals surface area (Å²) in [6.45, 7) is 1.17. The second-order valence-electron chi connectivity index (χ2n) is 5.40. The topological polar surface area (TPSA) is 71.2 Å². The molecule has 122 valence electrons. The fourth-order valence-corrected chi connectivity index (χ4v) is 2.72. The summed E-state index contributed by atoms with van der Waals surface area (Å²) in [4.78, 5) is 16.8. The molecule has 3 N–H and O–H groups in total. The van der Waals surface area contributed by atoms with Crippen molar-refractivity contribution in [2.75, 3.05) is 24.5 Å². The van der Waals surface area contributed by atoms with Crippen LogP contribution in [0.1, 0.15) is 5.69 Å². The first kappa shape index (κ1) is 15.5. The number of halogens is 3. The summed E-state index contributed by atoms with van der Waals surface area (Å²) in [6, 6.07) is 7.09. The van der Waals surface area contributed by atoms with E-state index in [1.54, 1.807) is 29.2 Å². The van der Waals surface area contributed by atoms with Gasteiger partial charge in [-0.05, 0) is 12.1 Å². The summed E-state index contributed by atoms with van der Waals surface area (Å²) < 4.78 is 39.3. The second kappa shape index (κ2) is 5.69. The quantitative estimate of drug-likeness (QED) is 0.879. The summed E-state index contributed by atoms with van der Waals surface area (Å²) >= 11 is 0. The van der Waals surface area contributed by atoms with Crippen LogP contribution >= 0.6 is 0 Å². The van der Waals surface area contributed by atoms with Gasteiger partial charge in [0.25, 0.3) is 0 Å². The first-order chi connectivity index (χ1) is 10.9. The van der Waals surface area contributed by atoms with Crippen molar-refractivity contribution in [1.82, 2.24) is 10.3 Å². The molecule has 0 spiro atoms. The molecular weight excluding hydrogens is 309 g/mol. The number of pyridine rings is 1. The van der Waals surface area contributed by atoms with Crippen LogP contribution in [0.4, 0.5) is 18.9 Å². The van der Waals surface area contributed by atoms with Gasteiger partial charge in [-0.2, -0.15) is 13.2 Å². The minimum atomic E-state index is -4.53. The number of amides is 1. The summed E-state index contributed by atoms with van der Waals surface area (Å²) in [7, 11) is 0. The maximum absolute atomic E-state index is 13.1. The third-order valence-electron chi connectivity index (χ3n) is 3.84. The average Bonchev–Trinajstić information content (AvgIpc) is 2.53. The van der Waals surface area contributed by atoms with Crippen LogP contribution in [-0.2, 0) is 11.0 Å². The fourth-order valence-electron chi connectivity index (χ4n) is 2.72. The highest BCUT2D eigenvalue weighted by Gasteiger charge is 2.34. The fraction of sp³-hybridized carbons (Fsp3) is 0.333. The lowest BCUT2D eigenvalue weighted by atomic mass is 10.1. The molecule has 1 atom stereocenters. The molecule has 1 fully saturated rings. The normalized spacial score (nSPS) is 19.1. The predicted octanol–water partition coefficient (Wildman–Crippen LogP) is 1.52. The van der Waals surface area contributed by atoms with Crippen LogP contribution in [0, 0.1) is 0 Å². The van der Waals surface area contributed by atoms with Gasteiger partial charge in [0.2, 0.25) is 5.91 Å². The third kappa shape index (κ3) is 3.07. The van der Waals surface area contributed by atoms with Crippen LogP contribution in [0.5, 0.6) is 0 Å². The van der Waals surface area contributed by atoms with Crippen molar-refractivity contribution < 1.29 is 18.0 Å². The maximum atomic E-state index is 13.1. The van der Waals surface area contributed by atoms with Gasteiger partial charge in [0, 0.05) is 30.7 Å². The monoisotopic (exact) mass is 324 g/mol. The Morgan fingerprint density at radius 2 is 2.09 bits per heavy atom. The number of hydrogen-bond donors (Lipinski definition) is 2. The number of alkyl halides is 3. The molecule has 3 rings (SSSR count). The van der Waals surface area contributed by atoms with Crippen molar-refractivity contribution in [3.63, 3.8) is 0 Å². The van der Waals surface area contributed by atoms with E-state index < -0.39 is 23.8 Å². The van der Waals surface area contributed by atoms with Gasteiger partial charge in [0.1, 0.15) is 11.7 Å². The number of fused-ring (bicyclic) bond motifs is 1. The highest BCUT2D eigenvalue weighted by Crippen LogP contribution is 2.34. The Morgan fingerprint density at radius 1 is 1.35 bits per heavy atom. The van der Waals surface area contributed by atoms with Crippen molar-refractivity contribution in [2.24, 2.45) is 5.73 Å². The number of piperazine rings is 1. The molecule has 1 amide bonds. The Kier molecular flexibility index (Phi) is 3.85. The molecule has 0 bridgehead atoms. The number of carbonyl (C=O) groups excluding carboxylic acids is 1. The number of anilines is 1. The average molecular weight is 324 g/mol. The van der Waals surface area contributed by atoms with E-state index in [0.29, 0.717) is 24.2 Å². The van der Waals surface area contributed by atoms with Crippen LogP contribution < -0.4 is 16.0 Å². The van der Waals surface area contributed by atoms with Gasteiger partial charge in [-0.1, -0.05) is 18.2 Å². The van der Waals surface area contributed by atoms with Crippen LogP contribution in [0.2, 0.25) is 0 Å². The highest BCUT2D eigenvalue weighted by molar-refractivity contribution is 5.92. The molecule has 0 unspecified atom stereocenters. The van der Waals surface area contributed by atoms with Crippen LogP contribution in [-0.4, -0.2) is 36.6 Å². The van der Waals surface area contributed by atoms with E-state index in [0.717, 1.165) is 6.07 Å². The number of benzene rings is 1. The van der Waals surface area contributed by atoms with Crippen molar-refractivity contribution in [1.29, 1.82) is 0 Å². The van der Waals surface area contributed by atoms with Crippen LogP contribution in [0.15, 0.2) is 30.3 Å². The zero-order valence-corrected chi connectivity index (χ0v) is 12.1. The van der Waals surface area contributed by atoms with E-state index in [1.807, 2.05) is 0 Å². The van der Waals surface area contributed by atoms with Gasteiger partial charge in [0.15, 0.2) is 0 Å². The number of primary amides is 1. The second-order valence-corrected chi connectivity index (χ2v) is 5.40. The molecule has 2 aromatic rings. The molecule has 1 saturated heterocycles. The number of nitrogens with two attached hydrogens (primary N) is 1. The van der Waals surface area contributed by atoms with Gasteiger partial charge in [-0.25, -0.2) is 4.98 Å². The molecule has 1 aromatic heterocycles. The Balaban J connectivity index is 2.10. The standard InChI is InChI=1S/C15H15F3N4O/c16-15(17,18)13-7-12(9-3-1-2-4-10(9)21-13)22-6-5-20-11(8-22)14(19)23/h1-4,7,11,20H,5-6,8H2,(H2,19,23)/t11-/m0/s1. The van der Waals surface area contributed by atoms with Crippen molar-refractivity contribution >= 4 is 22.5 Å². The Hall–Kier alpha value is -2.35. The minimum absolute atomic E-state index is 0.223. The summed E-state index contributed by atoms with van der Waals surface area (Å²) in [5, 5.41) is 3.57. The lowest BCUT2D eigenvalue weighted by Gasteiger charge is -2.34. The van der Waals surface area contributed by atoms with Gasteiger partial charge in [-0.3, -0.25) is 4.79 Å². The molecule has 1 aliphatic heterocycles. The lowest BCUT2D eigenvalue weighted by Crippen LogP contribution is -2.56. The first-order valence-corrected chi connectivity index (χ1v) is 7.11. The molecule has 0 radical (unpaired) electrons. The largest absolute Gasteiger partial charge is 0.433 e. The Bertz CT molecular complexity index is 747. The number of aromatic nitrogens is 1. The predicted molar refractivity (Wildman–Crippen MR) is 79.9 cm³/mol. The number of rotatable bonds is 2. The first-order valence-electron chi connectivity index (χ1n) is 7.11. The Labute approximate surface area is 130 Å². The SMILES string of the molecule is NC(=O)[C@@H]1CN(c2cc(C(F)(F)F)nc3ccccc23)CCN1. The maximum Gasteiger partial charge on any atom is 0.433 e. The molecule has 2 heterocycles. The molecule has 23 heavy (non-hydrogen) atoms. The van der Waals surface area contributed by atoms with E-state index in [1.165, 1.54) is 0 Å². The van der Waals surface area contributed by atoms with Crippen molar-refractivity contribution in [2.45, 2.75) is 12.2 Å². The number of hydrogen-bond acceptors (Lipinski definition) is 4. The van der Waals surface area contributed by atoms with E-state index in [-0.39, 0.29) is 12.1 Å². The summed E-state index contributed by atoms with van der Waals surface area (Å²) in [6.07, 6.45) is -4.53. The molecule has 5 nitrogen and oxygen atoms in total. The summed E-state index contributed by atoms with van der Waals surface area (Å²) in [5.41, 5.74) is 5.04. The van der Waals surface area contributed by atoms with Gasteiger partial charge >= 0.3 is 6.18 Å². The lowest BCUT2D eigenvalue weighted by molar-refractivity contribution is -0.141. The van der Waals surface area contributed by atoms with E-state index >= 15 is 0 Å². The van der Waals surface area contributed by atoms with Gasteiger partial charge < -0.3 is 16.0 Å². The molecule has 0 saturated carbocycles. The highest BCUT2D eigenvalue weighted by atomic mass is 19.4. The minimum Gasteiger partial charge on any atom is -0.368 e. The van der Waals surface area contributed by atoms with Crippen LogP contribution in [0.25, 0.3) is 10.9 Å².